The van der Waals surface area contributed by atoms with Gasteiger partial charge in [0, 0.05) is 12.8 Å². The van der Waals surface area contributed by atoms with Crippen molar-refractivity contribution in [3.63, 3.8) is 0 Å². The van der Waals surface area contributed by atoms with Crippen molar-refractivity contribution in [2.24, 2.45) is 0 Å². The van der Waals surface area contributed by atoms with Gasteiger partial charge in [-0.25, -0.2) is 4.57 Å². The average molecular weight is 1080 g/mol. The Morgan fingerprint density at radius 3 is 1.05 bits per heavy atom. The minimum Gasteiger partial charge on any atom is -0.462 e. The highest BCUT2D eigenvalue weighted by Gasteiger charge is 2.27. The third-order valence-corrected chi connectivity index (χ3v) is 14.1. The molecule has 0 aromatic heterocycles. The fourth-order valence-corrected chi connectivity index (χ4v) is 9.15. The molecule has 0 heterocycles. The number of ether oxygens (including phenoxy) is 2. The molecule has 0 fully saturated rings. The lowest BCUT2D eigenvalue weighted by atomic mass is 10.0. The van der Waals surface area contributed by atoms with Gasteiger partial charge in [0.05, 0.1) is 27.7 Å². The zero-order valence-electron chi connectivity index (χ0n) is 49.7. The molecule has 0 aliphatic carbocycles. The van der Waals surface area contributed by atoms with Crippen LogP contribution in [0, 0.1) is 0 Å². The fraction of sp³-hybridized carbons (Fsp3) is 0.727. The molecule has 0 radical (unpaired) electrons. The van der Waals surface area contributed by atoms with Gasteiger partial charge in [0.25, 0.3) is 0 Å². The summed E-state index contributed by atoms with van der Waals surface area (Å²) in [5.41, 5.74) is 0. The summed E-state index contributed by atoms with van der Waals surface area (Å²) in [6, 6.07) is 0. The lowest BCUT2D eigenvalue weighted by Crippen LogP contribution is -2.37. The zero-order valence-corrected chi connectivity index (χ0v) is 50.6. The van der Waals surface area contributed by atoms with Crippen molar-refractivity contribution >= 4 is 19.8 Å². The van der Waals surface area contributed by atoms with Crippen molar-refractivity contribution in [2.75, 3.05) is 47.5 Å². The number of hydrogen-bond acceptors (Lipinski definition) is 7. The number of hydrogen-bond donors (Lipinski definition) is 1. The van der Waals surface area contributed by atoms with Gasteiger partial charge in [-0.3, -0.25) is 18.6 Å². The molecule has 0 aliphatic heterocycles. The topological polar surface area (TPSA) is 108 Å². The van der Waals surface area contributed by atoms with Gasteiger partial charge >= 0.3 is 19.8 Å². The summed E-state index contributed by atoms with van der Waals surface area (Å²) in [6.07, 6.45) is 77.9. The normalized spacial score (nSPS) is 13.9. The van der Waals surface area contributed by atoms with Crippen LogP contribution in [0.4, 0.5) is 0 Å². The summed E-state index contributed by atoms with van der Waals surface area (Å²) < 4.78 is 34.5. The lowest BCUT2D eigenvalue weighted by molar-refractivity contribution is -0.870. The molecule has 10 heteroatoms. The summed E-state index contributed by atoms with van der Waals surface area (Å²) in [4.78, 5) is 35.7. The molecule has 2 atom stereocenters. The number of esters is 2. The summed E-state index contributed by atoms with van der Waals surface area (Å²) in [7, 11) is 1.47. The van der Waals surface area contributed by atoms with Crippen LogP contribution in [0.1, 0.15) is 258 Å². The van der Waals surface area contributed by atoms with Crippen LogP contribution in [0.2, 0.25) is 0 Å². The lowest BCUT2D eigenvalue weighted by Gasteiger charge is -2.24. The van der Waals surface area contributed by atoms with Gasteiger partial charge < -0.3 is 18.9 Å². The van der Waals surface area contributed by atoms with Crippen molar-refractivity contribution in [3.8, 4) is 0 Å². The molecule has 438 valence electrons. The first-order valence-electron chi connectivity index (χ1n) is 31.0. The number of nitrogens with zero attached hydrogens (tertiary/aromatic N) is 1. The van der Waals surface area contributed by atoms with Gasteiger partial charge in [-0.15, -0.1) is 0 Å². The van der Waals surface area contributed by atoms with Crippen molar-refractivity contribution in [1.82, 2.24) is 0 Å². The Labute approximate surface area is 468 Å². The van der Waals surface area contributed by atoms with Crippen molar-refractivity contribution < 1.29 is 42.1 Å². The molecule has 1 N–H and O–H groups in total. The van der Waals surface area contributed by atoms with Crippen LogP contribution in [0.5, 0.6) is 0 Å². The largest absolute Gasteiger partial charge is 0.472 e. The van der Waals surface area contributed by atoms with E-state index in [1.165, 1.54) is 122 Å². The minimum absolute atomic E-state index is 0.0265. The second-order valence-electron chi connectivity index (χ2n) is 21.7. The van der Waals surface area contributed by atoms with Crippen LogP contribution in [0.3, 0.4) is 0 Å². The van der Waals surface area contributed by atoms with E-state index in [1.54, 1.807) is 0 Å². The molecule has 0 saturated heterocycles. The number of quaternary nitrogens is 1. The second kappa shape index (κ2) is 56.6. The molecule has 9 nitrogen and oxygen atoms in total. The van der Waals surface area contributed by atoms with E-state index in [-0.39, 0.29) is 32.0 Å². The molecule has 2 unspecified atom stereocenters. The first-order chi connectivity index (χ1) is 37.0. The quantitative estimate of drug-likeness (QED) is 0.0211. The number of carbonyl (C=O) groups is 2. The molecule has 0 amide bonds. The van der Waals surface area contributed by atoms with E-state index in [2.05, 4.69) is 111 Å². The van der Waals surface area contributed by atoms with Crippen LogP contribution >= 0.6 is 7.82 Å². The number of phosphoric ester groups is 1. The van der Waals surface area contributed by atoms with Crippen molar-refractivity contribution in [1.29, 1.82) is 0 Å². The molecule has 0 bridgehead atoms. The molecule has 76 heavy (non-hydrogen) atoms. The average Bonchev–Trinajstić information content (AvgIpc) is 3.38. The number of likely N-dealkylation sites (N-methyl/N-ethyl adjacent to an activating group) is 1. The van der Waals surface area contributed by atoms with E-state index in [0.717, 1.165) is 103 Å². The summed E-state index contributed by atoms with van der Waals surface area (Å²) in [5, 5.41) is 0. The van der Waals surface area contributed by atoms with Crippen molar-refractivity contribution in [2.45, 2.75) is 264 Å². The van der Waals surface area contributed by atoms with Crippen molar-refractivity contribution in [3.05, 3.63) is 97.2 Å². The fourth-order valence-electron chi connectivity index (χ4n) is 8.41. The Kier molecular flexibility index (Phi) is 54.4. The predicted octanol–water partition coefficient (Wildman–Crippen LogP) is 19.6. The van der Waals surface area contributed by atoms with E-state index in [4.69, 9.17) is 18.5 Å². The van der Waals surface area contributed by atoms with Crippen LogP contribution < -0.4 is 0 Å². The van der Waals surface area contributed by atoms with Crippen LogP contribution in [0.15, 0.2) is 97.2 Å². The molecule has 0 saturated carbocycles. The summed E-state index contributed by atoms with van der Waals surface area (Å²) in [6.45, 7) is 4.20. The first-order valence-corrected chi connectivity index (χ1v) is 32.5. The number of carbonyl (C=O) groups excluding carboxylic acids is 2. The number of unbranched alkanes of at least 4 members (excludes halogenated alkanes) is 26. The molecular formula is C66H117NO8P+. The van der Waals surface area contributed by atoms with Gasteiger partial charge in [0.2, 0.25) is 0 Å². The maximum absolute atomic E-state index is 12.8. The number of phosphoric acid groups is 1. The Bertz CT molecular complexity index is 1600. The highest BCUT2D eigenvalue weighted by atomic mass is 31.2. The molecule has 0 rings (SSSR count). The maximum Gasteiger partial charge on any atom is 0.472 e. The van der Waals surface area contributed by atoms with E-state index in [1.807, 2.05) is 21.1 Å². The first kappa shape index (κ1) is 72.9. The third-order valence-electron chi connectivity index (χ3n) is 13.1. The van der Waals surface area contributed by atoms with E-state index < -0.39 is 26.5 Å². The Morgan fingerprint density at radius 1 is 0.408 bits per heavy atom. The monoisotopic (exact) mass is 1080 g/mol. The summed E-state index contributed by atoms with van der Waals surface area (Å²) in [5.74, 6) is -0.814. The highest BCUT2D eigenvalue weighted by molar-refractivity contribution is 7.47. The predicted molar refractivity (Wildman–Crippen MR) is 325 cm³/mol. The van der Waals surface area contributed by atoms with Gasteiger partial charge in [-0.05, 0) is 89.9 Å². The van der Waals surface area contributed by atoms with Gasteiger partial charge in [-0.1, -0.05) is 252 Å². The highest BCUT2D eigenvalue weighted by Crippen LogP contribution is 2.43. The van der Waals surface area contributed by atoms with E-state index in [9.17, 15) is 19.0 Å². The Morgan fingerprint density at radius 2 is 0.711 bits per heavy atom. The van der Waals surface area contributed by atoms with E-state index >= 15 is 0 Å². The molecular weight excluding hydrogens is 966 g/mol. The maximum atomic E-state index is 12.8. The Balaban J connectivity index is 3.98. The third kappa shape index (κ3) is 60.2. The molecule has 0 aromatic carbocycles. The number of rotatable bonds is 56. The van der Waals surface area contributed by atoms with Gasteiger partial charge in [0.1, 0.15) is 19.8 Å². The van der Waals surface area contributed by atoms with Gasteiger partial charge in [0.15, 0.2) is 6.10 Å². The van der Waals surface area contributed by atoms with Gasteiger partial charge in [-0.2, -0.15) is 0 Å². The second-order valence-corrected chi connectivity index (χ2v) is 23.1. The van der Waals surface area contributed by atoms with Crippen LogP contribution in [-0.4, -0.2) is 74.9 Å². The smallest absolute Gasteiger partial charge is 0.462 e. The Hall–Kier alpha value is -3.07. The van der Waals surface area contributed by atoms with Crippen LogP contribution in [-0.2, 0) is 32.7 Å². The van der Waals surface area contributed by atoms with Crippen LogP contribution in [0.25, 0.3) is 0 Å². The van der Waals surface area contributed by atoms with E-state index in [0.29, 0.717) is 17.4 Å². The molecule has 0 spiro atoms. The SMILES string of the molecule is CC/C=C\C/C=C\C/C=C\C/C=C\C/C=C\CCCCCCCCCCCCCCCCCCCCCCCC(=O)OC(COC(=O)CCCCCCC/C=C\C/C=C\C/C=C\CC)COP(=O)(O)OCC[N+](C)(C)C. The molecule has 0 aromatic rings. The minimum atomic E-state index is -4.39. The summed E-state index contributed by atoms with van der Waals surface area (Å²) >= 11 is 0. The zero-order chi connectivity index (χ0) is 55.6. The molecule has 0 aliphatic rings. The standard InChI is InChI=1S/C66H116NO8P/c1-6-8-10-12-14-16-18-20-22-23-24-25-26-27-28-29-30-31-32-33-34-35-36-37-38-39-40-41-42-43-45-47-49-51-53-55-57-59-66(69)75-64(63-74-76(70,71)73-61-60-67(3,4)5)62-72-65(68)58-56-54-52-50-48-46-44-21-19-17-15-13-11-9-7-2/h8-11,14-17,20-22,24-25,27-28,44,64H,6-7,12-13,18-19,23,26,29-43,45-63H2,1-5H3/p+1/b10-8-,11-9-,16-14-,17-15-,22-20-,25-24-,28-27-,44-21-. The number of allylic oxidation sites excluding steroid dienone is 16.